The Labute approximate surface area is 234 Å². The lowest BCUT2D eigenvalue weighted by atomic mass is 9.85. The summed E-state index contributed by atoms with van der Waals surface area (Å²) in [6.07, 6.45) is 10.7. The van der Waals surface area contributed by atoms with Gasteiger partial charge in [-0.1, -0.05) is 35.6 Å². The van der Waals surface area contributed by atoms with Gasteiger partial charge in [0.25, 0.3) is 0 Å². The van der Waals surface area contributed by atoms with Crippen molar-refractivity contribution >= 4 is 17.7 Å². The summed E-state index contributed by atoms with van der Waals surface area (Å²) in [4.78, 5) is 28.4. The van der Waals surface area contributed by atoms with Crippen molar-refractivity contribution < 1.29 is 9.90 Å². The van der Waals surface area contributed by atoms with Crippen molar-refractivity contribution in [1.82, 2.24) is 19.9 Å². The number of benzene rings is 1. The first-order valence-electron chi connectivity index (χ1n) is 14.3. The molecular formula is C30H36N8O2. The molecule has 1 atom stereocenters. The van der Waals surface area contributed by atoms with Crippen LogP contribution >= 0.6 is 0 Å². The molecule has 1 aliphatic carbocycles. The molecule has 1 unspecified atom stereocenters. The van der Waals surface area contributed by atoms with Gasteiger partial charge in [-0.15, -0.1) is 0 Å². The van der Waals surface area contributed by atoms with Crippen molar-refractivity contribution in [1.29, 1.82) is 0 Å². The average molecular weight is 541 g/mol. The van der Waals surface area contributed by atoms with Crippen LogP contribution in [0, 0.1) is 5.92 Å². The third-order valence-corrected chi connectivity index (χ3v) is 8.40. The van der Waals surface area contributed by atoms with Gasteiger partial charge in [0.05, 0.1) is 12.6 Å². The molecule has 2 fully saturated rings. The monoisotopic (exact) mass is 540 g/mol. The lowest BCUT2D eigenvalue weighted by Gasteiger charge is -2.35. The van der Waals surface area contributed by atoms with E-state index >= 15 is 0 Å². The number of pyridine rings is 1. The van der Waals surface area contributed by atoms with Gasteiger partial charge in [-0.05, 0) is 61.8 Å². The number of carbonyl (C=O) groups excluding carboxylic acids is 1. The molecule has 1 saturated heterocycles. The molecule has 2 N–H and O–H groups in total. The van der Waals surface area contributed by atoms with Gasteiger partial charge >= 0.3 is 0 Å². The highest BCUT2D eigenvalue weighted by Crippen LogP contribution is 2.37. The van der Waals surface area contributed by atoms with Crippen LogP contribution in [0.15, 0.2) is 77.5 Å². The fraction of sp³-hybridized carbons (Fsp3) is 0.467. The molecule has 2 aromatic heterocycles. The van der Waals surface area contributed by atoms with Gasteiger partial charge in [0, 0.05) is 56.1 Å². The number of anilines is 2. The van der Waals surface area contributed by atoms with Crippen LogP contribution in [-0.4, -0.2) is 62.6 Å². The summed E-state index contributed by atoms with van der Waals surface area (Å²) in [5, 5.41) is 24.4. The number of amides is 1. The lowest BCUT2D eigenvalue weighted by Crippen LogP contribution is -2.44. The minimum atomic E-state index is -0.541. The van der Waals surface area contributed by atoms with Crippen molar-refractivity contribution in [2.24, 2.45) is 16.3 Å². The summed E-state index contributed by atoms with van der Waals surface area (Å²) < 4.78 is 0. The van der Waals surface area contributed by atoms with Crippen LogP contribution in [0.5, 0.6) is 0 Å². The Morgan fingerprint density at radius 1 is 0.950 bits per heavy atom. The van der Waals surface area contributed by atoms with Gasteiger partial charge in [-0.3, -0.25) is 9.78 Å². The third kappa shape index (κ3) is 5.82. The number of aliphatic hydroxyl groups excluding tert-OH is 1. The van der Waals surface area contributed by atoms with Crippen molar-refractivity contribution in [3.8, 4) is 0 Å². The maximum Gasteiger partial charge on any atom is 0.225 e. The van der Waals surface area contributed by atoms with Crippen LogP contribution in [0.25, 0.3) is 0 Å². The number of aliphatic hydroxyl groups is 1. The molecule has 10 nitrogen and oxygen atoms in total. The number of nitrogens with one attached hydrogen (secondary N) is 1. The molecule has 2 aliphatic heterocycles. The smallest absolute Gasteiger partial charge is 0.225 e. The number of carbonyl (C=O) groups is 1. The number of nitrogens with zero attached hydrogens (tertiary/aromatic N) is 7. The van der Waals surface area contributed by atoms with Gasteiger partial charge in [0.15, 0.2) is 5.82 Å². The second kappa shape index (κ2) is 11.7. The van der Waals surface area contributed by atoms with Crippen molar-refractivity contribution in [2.45, 2.75) is 62.6 Å². The summed E-state index contributed by atoms with van der Waals surface area (Å²) in [5.74, 6) is 1.58. The van der Waals surface area contributed by atoms with Gasteiger partial charge in [-0.2, -0.15) is 10.1 Å². The number of likely N-dealkylation sites (tertiary alicyclic amines) is 1. The van der Waals surface area contributed by atoms with Crippen LogP contribution in [0.3, 0.4) is 0 Å². The first kappa shape index (κ1) is 26.3. The topological polar surface area (TPSA) is 119 Å². The Hall–Kier alpha value is -3.92. The Morgan fingerprint density at radius 3 is 2.45 bits per heavy atom. The Kier molecular flexibility index (Phi) is 7.68. The molecule has 3 aliphatic rings. The number of piperidine rings is 1. The SMILES string of the molecule is O=C(C1CCC(Nc2nccc(N3CC(Cc4ccccc4)(c4ccncc4)N=N3)n2)CC1)N1CCC(O)CC1. The van der Waals surface area contributed by atoms with Crippen molar-refractivity contribution in [2.75, 3.05) is 30.0 Å². The molecule has 1 saturated carbocycles. The van der Waals surface area contributed by atoms with E-state index in [1.54, 1.807) is 18.6 Å². The summed E-state index contributed by atoms with van der Waals surface area (Å²) >= 11 is 0. The number of hydrogen-bond acceptors (Lipinski definition) is 9. The van der Waals surface area contributed by atoms with E-state index in [1.165, 1.54) is 5.56 Å². The molecule has 3 aromatic rings. The van der Waals surface area contributed by atoms with E-state index in [9.17, 15) is 9.90 Å². The zero-order valence-corrected chi connectivity index (χ0v) is 22.6. The van der Waals surface area contributed by atoms with E-state index in [4.69, 9.17) is 10.1 Å². The number of rotatable bonds is 7. The van der Waals surface area contributed by atoms with Crippen LogP contribution in [0.2, 0.25) is 0 Å². The highest BCUT2D eigenvalue weighted by molar-refractivity contribution is 5.79. The van der Waals surface area contributed by atoms with Gasteiger partial charge in [0.2, 0.25) is 11.9 Å². The van der Waals surface area contributed by atoms with Crippen molar-refractivity contribution in [3.05, 3.63) is 78.2 Å². The number of aromatic nitrogens is 3. The normalized spacial score (nSPS) is 25.2. The highest BCUT2D eigenvalue weighted by atomic mass is 16.3. The fourth-order valence-electron chi connectivity index (χ4n) is 6.09. The zero-order valence-electron chi connectivity index (χ0n) is 22.6. The van der Waals surface area contributed by atoms with Crippen LogP contribution in [0.1, 0.15) is 49.7 Å². The number of hydrogen-bond donors (Lipinski definition) is 2. The first-order valence-corrected chi connectivity index (χ1v) is 14.3. The minimum Gasteiger partial charge on any atom is -0.393 e. The molecule has 1 amide bonds. The molecule has 4 heterocycles. The van der Waals surface area contributed by atoms with Gasteiger partial charge in [-0.25, -0.2) is 9.99 Å². The molecule has 10 heteroatoms. The van der Waals surface area contributed by atoms with E-state index < -0.39 is 5.54 Å². The molecule has 0 bridgehead atoms. The summed E-state index contributed by atoms with van der Waals surface area (Å²) in [6, 6.07) is 16.4. The summed E-state index contributed by atoms with van der Waals surface area (Å²) in [6.45, 7) is 1.89. The molecular weight excluding hydrogens is 504 g/mol. The quantitative estimate of drug-likeness (QED) is 0.462. The predicted molar refractivity (Wildman–Crippen MR) is 151 cm³/mol. The second-order valence-electron chi connectivity index (χ2n) is 11.2. The highest BCUT2D eigenvalue weighted by Gasteiger charge is 2.40. The maximum atomic E-state index is 13.0. The Balaban J connectivity index is 1.09. The van der Waals surface area contributed by atoms with Crippen molar-refractivity contribution in [3.63, 3.8) is 0 Å². The molecule has 0 radical (unpaired) electrons. The van der Waals surface area contributed by atoms with E-state index in [0.717, 1.165) is 31.2 Å². The first-order chi connectivity index (χ1) is 19.6. The lowest BCUT2D eigenvalue weighted by molar-refractivity contribution is -0.138. The van der Waals surface area contributed by atoms with Gasteiger partial charge in [0.1, 0.15) is 5.54 Å². The third-order valence-electron chi connectivity index (χ3n) is 8.40. The van der Waals surface area contributed by atoms with Crippen LogP contribution in [-0.2, 0) is 16.8 Å². The largest absolute Gasteiger partial charge is 0.393 e. The van der Waals surface area contributed by atoms with E-state index in [1.807, 2.05) is 46.3 Å². The molecule has 6 rings (SSSR count). The molecule has 1 aromatic carbocycles. The molecule has 208 valence electrons. The van der Waals surface area contributed by atoms with Crippen LogP contribution < -0.4 is 10.3 Å². The molecule has 0 spiro atoms. The van der Waals surface area contributed by atoms with E-state index in [2.05, 4.69) is 32.6 Å². The summed E-state index contributed by atoms with van der Waals surface area (Å²) in [5.41, 5.74) is 1.72. The van der Waals surface area contributed by atoms with E-state index in [0.29, 0.717) is 50.7 Å². The Bertz CT molecular complexity index is 1310. The zero-order chi connectivity index (χ0) is 27.4. The Morgan fingerprint density at radius 2 is 1.70 bits per heavy atom. The molecule has 40 heavy (non-hydrogen) atoms. The van der Waals surface area contributed by atoms with E-state index in [-0.39, 0.29) is 24.0 Å². The summed E-state index contributed by atoms with van der Waals surface area (Å²) in [7, 11) is 0. The average Bonchev–Trinajstić information content (AvgIpc) is 3.44. The van der Waals surface area contributed by atoms with Gasteiger partial charge < -0.3 is 15.3 Å². The standard InChI is InChI=1S/C30H36N8O2/c39-26-13-18-37(19-14-26)28(40)23-6-8-25(9-7-23)33-29-32-17-12-27(34-29)38-21-30(35-36-38,24-10-15-31-16-11-24)20-22-4-2-1-3-5-22/h1-5,10-12,15-17,23,25-26,39H,6-9,13-14,18-21H2,(H,32,33,34). The predicted octanol–water partition coefficient (Wildman–Crippen LogP) is 4.15. The maximum absolute atomic E-state index is 13.0. The fourth-order valence-corrected chi connectivity index (χ4v) is 6.09. The second-order valence-corrected chi connectivity index (χ2v) is 11.2. The minimum absolute atomic E-state index is 0.0662. The van der Waals surface area contributed by atoms with Crippen LogP contribution in [0.4, 0.5) is 11.8 Å².